The van der Waals surface area contributed by atoms with Crippen LogP contribution in [0.4, 0.5) is 0 Å². The number of esters is 1. The van der Waals surface area contributed by atoms with Gasteiger partial charge < -0.3 is 24.4 Å². The third-order valence-electron chi connectivity index (χ3n) is 6.77. The summed E-state index contributed by atoms with van der Waals surface area (Å²) in [6.07, 6.45) is -1.38. The van der Waals surface area contributed by atoms with Gasteiger partial charge >= 0.3 is 5.97 Å². The van der Waals surface area contributed by atoms with E-state index in [0.717, 1.165) is 0 Å². The molecule has 0 radical (unpaired) electrons. The normalized spacial score (nSPS) is 65.8. The molecule has 3 heterocycles. The summed E-state index contributed by atoms with van der Waals surface area (Å²) in [5.41, 5.74) is -1.72. The molecule has 3 saturated heterocycles. The highest BCUT2D eigenvalue weighted by molar-refractivity contribution is 5.80. The minimum atomic E-state index is -1.69. The van der Waals surface area contributed by atoms with Crippen molar-refractivity contribution in [2.45, 2.75) is 43.5 Å². The SMILES string of the molecule is C=C(C)[C@H]1[C@H]2C(=O)O[C@@H]1[C@]1(O)OC[C@@H]3[C@H]4O[C@H]4[C@@]2(O)[C@@]31C. The van der Waals surface area contributed by atoms with Crippen LogP contribution >= 0.6 is 0 Å². The lowest BCUT2D eigenvalue weighted by atomic mass is 9.52. The molecule has 2 saturated carbocycles. The molecule has 3 aliphatic heterocycles. The largest absolute Gasteiger partial charge is 0.456 e. The van der Waals surface area contributed by atoms with Crippen molar-refractivity contribution < 1.29 is 29.2 Å². The summed E-state index contributed by atoms with van der Waals surface area (Å²) < 4.78 is 16.7. The summed E-state index contributed by atoms with van der Waals surface area (Å²) in [7, 11) is 0. The number of rotatable bonds is 1. The maximum absolute atomic E-state index is 12.4. The molecule has 0 aromatic carbocycles. The van der Waals surface area contributed by atoms with E-state index >= 15 is 0 Å². The van der Waals surface area contributed by atoms with Gasteiger partial charge in [-0.05, 0) is 6.92 Å². The molecule has 0 unspecified atom stereocenters. The summed E-state index contributed by atoms with van der Waals surface area (Å²) in [4.78, 5) is 12.4. The second-order valence-corrected chi connectivity index (χ2v) is 7.37. The maximum atomic E-state index is 12.4. The van der Waals surface area contributed by atoms with Gasteiger partial charge in [0.1, 0.15) is 11.7 Å². The Morgan fingerprint density at radius 3 is 2.76 bits per heavy atom. The number of ether oxygens (including phenoxy) is 3. The maximum Gasteiger partial charge on any atom is 0.313 e. The fraction of sp³-hybridized carbons (Fsp3) is 0.800. The predicted octanol–water partition coefficient (Wildman–Crippen LogP) is -0.413. The molecule has 9 atom stereocenters. The number of carbonyl (C=O) groups is 1. The van der Waals surface area contributed by atoms with Crippen LogP contribution in [-0.2, 0) is 19.0 Å². The Morgan fingerprint density at radius 2 is 2.10 bits per heavy atom. The molecule has 2 N–H and O–H groups in total. The highest BCUT2D eigenvalue weighted by atomic mass is 16.7. The molecule has 2 bridgehead atoms. The lowest BCUT2D eigenvalue weighted by Crippen LogP contribution is -2.72. The Bertz CT molecular complexity index is 603. The van der Waals surface area contributed by atoms with E-state index in [1.54, 1.807) is 13.8 Å². The molecular formula is C15H18O6. The number of fused-ring (bicyclic) bond motifs is 7. The van der Waals surface area contributed by atoms with Crippen molar-refractivity contribution in [1.82, 2.24) is 0 Å². The quantitative estimate of drug-likeness (QED) is 0.388. The van der Waals surface area contributed by atoms with Crippen molar-refractivity contribution in [1.29, 1.82) is 0 Å². The zero-order chi connectivity index (χ0) is 14.9. The number of aliphatic hydroxyl groups is 2. The zero-order valence-corrected chi connectivity index (χ0v) is 11.9. The summed E-state index contributed by atoms with van der Waals surface area (Å²) in [6, 6.07) is 0. The third kappa shape index (κ3) is 0.933. The summed E-state index contributed by atoms with van der Waals surface area (Å²) in [5, 5.41) is 22.7. The first kappa shape index (κ1) is 12.6. The third-order valence-corrected chi connectivity index (χ3v) is 6.77. The van der Waals surface area contributed by atoms with Gasteiger partial charge in [0.15, 0.2) is 6.10 Å². The molecule has 0 aromatic heterocycles. The molecule has 0 amide bonds. The van der Waals surface area contributed by atoms with Crippen LogP contribution in [0.5, 0.6) is 0 Å². The molecule has 114 valence electrons. The Balaban J connectivity index is 1.81. The molecule has 2 aliphatic carbocycles. The van der Waals surface area contributed by atoms with E-state index in [1.165, 1.54) is 0 Å². The van der Waals surface area contributed by atoms with Crippen LogP contribution in [0.2, 0.25) is 0 Å². The minimum absolute atomic E-state index is 0.122. The fourth-order valence-electron chi connectivity index (χ4n) is 5.68. The lowest BCUT2D eigenvalue weighted by molar-refractivity contribution is -0.334. The average Bonchev–Trinajstić information content (AvgIpc) is 2.99. The van der Waals surface area contributed by atoms with Gasteiger partial charge in [0.2, 0.25) is 5.79 Å². The Hall–Kier alpha value is -0.950. The summed E-state index contributed by atoms with van der Waals surface area (Å²) in [6.45, 7) is 7.82. The van der Waals surface area contributed by atoms with Gasteiger partial charge in [-0.2, -0.15) is 0 Å². The monoisotopic (exact) mass is 294 g/mol. The van der Waals surface area contributed by atoms with Gasteiger partial charge in [-0.3, -0.25) is 4.79 Å². The van der Waals surface area contributed by atoms with Crippen LogP contribution in [0.25, 0.3) is 0 Å². The average molecular weight is 294 g/mol. The molecule has 0 spiro atoms. The molecule has 5 aliphatic rings. The zero-order valence-electron chi connectivity index (χ0n) is 11.9. The number of epoxide rings is 1. The lowest BCUT2D eigenvalue weighted by Gasteiger charge is -2.55. The van der Waals surface area contributed by atoms with Crippen LogP contribution in [0.15, 0.2) is 12.2 Å². The highest BCUT2D eigenvalue weighted by Gasteiger charge is 2.92. The molecule has 21 heavy (non-hydrogen) atoms. The van der Waals surface area contributed by atoms with Gasteiger partial charge in [-0.25, -0.2) is 0 Å². The van der Waals surface area contributed by atoms with Crippen LogP contribution in [0, 0.1) is 23.2 Å². The second kappa shape index (κ2) is 3.06. The van der Waals surface area contributed by atoms with E-state index in [4.69, 9.17) is 14.2 Å². The topological polar surface area (TPSA) is 88.5 Å². The van der Waals surface area contributed by atoms with Crippen LogP contribution in [-0.4, -0.2) is 52.5 Å². The summed E-state index contributed by atoms with van der Waals surface area (Å²) >= 11 is 0. The van der Waals surface area contributed by atoms with E-state index < -0.39 is 46.8 Å². The molecule has 6 heteroatoms. The molecular weight excluding hydrogens is 276 g/mol. The van der Waals surface area contributed by atoms with Crippen LogP contribution < -0.4 is 0 Å². The van der Waals surface area contributed by atoms with Crippen LogP contribution in [0.3, 0.4) is 0 Å². The van der Waals surface area contributed by atoms with Gasteiger partial charge in [0.05, 0.1) is 24.0 Å². The van der Waals surface area contributed by atoms with E-state index in [9.17, 15) is 15.0 Å². The standard InChI is InChI=1S/C15H18O6/c1-5(2)7-8-12(16)21-10(7)15(18)13(3)6(4-19-15)9-11(20-9)14(8,13)17/h6-11,17-18H,1,4H2,2-3H3/t6-,7+,8+,9-,10+,11-,13-,14-,15+/m1/s1. The van der Waals surface area contributed by atoms with Crippen molar-refractivity contribution in [3.8, 4) is 0 Å². The first-order valence-corrected chi connectivity index (χ1v) is 7.38. The van der Waals surface area contributed by atoms with Crippen molar-refractivity contribution in [2.24, 2.45) is 23.2 Å². The Kier molecular flexibility index (Phi) is 1.83. The van der Waals surface area contributed by atoms with Crippen molar-refractivity contribution >= 4 is 5.97 Å². The number of carbonyl (C=O) groups excluding carboxylic acids is 1. The highest BCUT2D eigenvalue weighted by Crippen LogP contribution is 2.75. The second-order valence-electron chi connectivity index (χ2n) is 7.37. The first-order valence-electron chi connectivity index (χ1n) is 7.38. The van der Waals surface area contributed by atoms with Gasteiger partial charge in [0.25, 0.3) is 0 Å². The fourth-order valence-corrected chi connectivity index (χ4v) is 5.68. The first-order chi connectivity index (χ1) is 9.78. The number of hydrogen-bond donors (Lipinski definition) is 2. The van der Waals surface area contributed by atoms with E-state index in [-0.39, 0.29) is 12.0 Å². The minimum Gasteiger partial charge on any atom is -0.456 e. The van der Waals surface area contributed by atoms with Crippen LogP contribution in [0.1, 0.15) is 13.8 Å². The molecule has 6 nitrogen and oxygen atoms in total. The smallest absolute Gasteiger partial charge is 0.313 e. The Morgan fingerprint density at radius 1 is 1.38 bits per heavy atom. The summed E-state index contributed by atoms with van der Waals surface area (Å²) in [5.74, 6) is -3.49. The molecule has 0 aromatic rings. The van der Waals surface area contributed by atoms with Crippen molar-refractivity contribution in [3.63, 3.8) is 0 Å². The number of hydrogen-bond acceptors (Lipinski definition) is 6. The van der Waals surface area contributed by atoms with E-state index in [2.05, 4.69) is 6.58 Å². The molecule has 5 rings (SSSR count). The Labute approximate surface area is 121 Å². The molecule has 5 fully saturated rings. The van der Waals surface area contributed by atoms with Crippen molar-refractivity contribution in [2.75, 3.05) is 6.61 Å². The van der Waals surface area contributed by atoms with E-state index in [0.29, 0.717) is 12.2 Å². The van der Waals surface area contributed by atoms with Crippen molar-refractivity contribution in [3.05, 3.63) is 12.2 Å². The van der Waals surface area contributed by atoms with E-state index in [1.807, 2.05) is 0 Å². The van der Waals surface area contributed by atoms with Gasteiger partial charge in [-0.15, -0.1) is 0 Å². The van der Waals surface area contributed by atoms with Gasteiger partial charge in [-0.1, -0.05) is 19.1 Å². The van der Waals surface area contributed by atoms with Gasteiger partial charge in [0, 0.05) is 11.8 Å². The predicted molar refractivity (Wildman–Crippen MR) is 67.8 cm³/mol.